The van der Waals surface area contributed by atoms with E-state index in [1.165, 1.54) is 0 Å². The first kappa shape index (κ1) is 16.7. The molecular formula is C19H14Cl2N4O. The molecule has 5 nitrogen and oxygen atoms in total. The number of nitrogens with zero attached hydrogens (tertiary/aromatic N) is 2. The van der Waals surface area contributed by atoms with Crippen molar-refractivity contribution in [1.29, 1.82) is 0 Å². The number of rotatable bonds is 5. The molecule has 0 atom stereocenters. The summed E-state index contributed by atoms with van der Waals surface area (Å²) in [5.74, 6) is 1.98. The molecule has 2 aromatic heterocycles. The van der Waals surface area contributed by atoms with E-state index in [2.05, 4.69) is 20.6 Å². The standard InChI is InChI=1S/C19H14Cl2N4O/c20-12-8-13(21)10-14(9-12)23-19-24-17-6-2-1-5-16(17)18(25-19)22-11-15-4-3-7-26-15/h1-10H,11H2,(H2,22,23,24,25). The predicted molar refractivity (Wildman–Crippen MR) is 105 cm³/mol. The summed E-state index contributed by atoms with van der Waals surface area (Å²) in [6, 6.07) is 16.8. The molecule has 0 amide bonds. The normalized spacial score (nSPS) is 10.8. The van der Waals surface area contributed by atoms with Crippen molar-refractivity contribution in [1.82, 2.24) is 9.97 Å². The number of anilines is 3. The van der Waals surface area contributed by atoms with E-state index in [1.807, 2.05) is 36.4 Å². The molecule has 2 aromatic carbocycles. The number of hydrogen-bond acceptors (Lipinski definition) is 5. The van der Waals surface area contributed by atoms with Gasteiger partial charge in [0.25, 0.3) is 0 Å². The second-order valence-electron chi connectivity index (χ2n) is 5.63. The van der Waals surface area contributed by atoms with Crippen LogP contribution in [0.4, 0.5) is 17.5 Å². The number of fused-ring (bicyclic) bond motifs is 1. The lowest BCUT2D eigenvalue weighted by Crippen LogP contribution is -2.05. The third-order valence-electron chi connectivity index (χ3n) is 3.73. The monoisotopic (exact) mass is 384 g/mol. The van der Waals surface area contributed by atoms with Crippen LogP contribution in [0, 0.1) is 0 Å². The minimum atomic E-state index is 0.448. The van der Waals surface area contributed by atoms with E-state index in [0.717, 1.165) is 22.4 Å². The number of hydrogen-bond donors (Lipinski definition) is 2. The van der Waals surface area contributed by atoms with Crippen LogP contribution in [-0.4, -0.2) is 9.97 Å². The van der Waals surface area contributed by atoms with Crippen LogP contribution < -0.4 is 10.6 Å². The first-order valence-electron chi connectivity index (χ1n) is 7.93. The highest BCUT2D eigenvalue weighted by molar-refractivity contribution is 6.35. The van der Waals surface area contributed by atoms with Gasteiger partial charge in [-0.15, -0.1) is 0 Å². The van der Waals surface area contributed by atoms with Crippen molar-refractivity contribution in [2.45, 2.75) is 6.54 Å². The Morgan fingerprint density at radius 3 is 2.50 bits per heavy atom. The molecule has 0 bridgehead atoms. The molecule has 0 aliphatic heterocycles. The molecule has 0 spiro atoms. The molecule has 0 fully saturated rings. The van der Waals surface area contributed by atoms with Crippen LogP contribution in [0.2, 0.25) is 10.0 Å². The van der Waals surface area contributed by atoms with Crippen LogP contribution >= 0.6 is 23.2 Å². The largest absolute Gasteiger partial charge is 0.467 e. The van der Waals surface area contributed by atoms with Gasteiger partial charge in [0.05, 0.1) is 18.3 Å². The number of para-hydroxylation sites is 1. The Morgan fingerprint density at radius 2 is 1.73 bits per heavy atom. The highest BCUT2D eigenvalue weighted by atomic mass is 35.5. The first-order valence-corrected chi connectivity index (χ1v) is 8.69. The summed E-state index contributed by atoms with van der Waals surface area (Å²) in [6.07, 6.45) is 1.64. The van der Waals surface area contributed by atoms with Gasteiger partial charge in [-0.1, -0.05) is 35.3 Å². The molecule has 4 rings (SSSR count). The smallest absolute Gasteiger partial charge is 0.229 e. The van der Waals surface area contributed by atoms with Gasteiger partial charge in [-0.25, -0.2) is 4.98 Å². The summed E-state index contributed by atoms with van der Waals surface area (Å²) >= 11 is 12.1. The minimum Gasteiger partial charge on any atom is -0.467 e. The fraction of sp³-hybridized carbons (Fsp3) is 0.0526. The number of halogens is 2. The van der Waals surface area contributed by atoms with Crippen LogP contribution in [0.5, 0.6) is 0 Å². The SMILES string of the molecule is Clc1cc(Cl)cc(Nc2nc(NCc3ccco3)c3ccccc3n2)c1. The van der Waals surface area contributed by atoms with Gasteiger partial charge < -0.3 is 15.1 Å². The van der Waals surface area contributed by atoms with Crippen LogP contribution in [-0.2, 0) is 6.54 Å². The van der Waals surface area contributed by atoms with Gasteiger partial charge in [-0.05, 0) is 42.5 Å². The van der Waals surface area contributed by atoms with E-state index < -0.39 is 0 Å². The fourth-order valence-corrected chi connectivity index (χ4v) is 3.13. The van der Waals surface area contributed by atoms with Crippen molar-refractivity contribution in [3.63, 3.8) is 0 Å². The maximum atomic E-state index is 6.06. The summed E-state index contributed by atoms with van der Waals surface area (Å²) < 4.78 is 5.37. The maximum absolute atomic E-state index is 6.06. The Morgan fingerprint density at radius 1 is 0.923 bits per heavy atom. The summed E-state index contributed by atoms with van der Waals surface area (Å²) in [4.78, 5) is 9.16. The Labute approximate surface area is 160 Å². The zero-order chi connectivity index (χ0) is 17.9. The van der Waals surface area contributed by atoms with Crippen molar-refractivity contribution < 1.29 is 4.42 Å². The molecule has 2 heterocycles. The van der Waals surface area contributed by atoms with Crippen molar-refractivity contribution in [2.24, 2.45) is 0 Å². The average Bonchev–Trinajstić information content (AvgIpc) is 3.12. The third-order valence-corrected chi connectivity index (χ3v) is 4.17. The fourth-order valence-electron chi connectivity index (χ4n) is 2.61. The quantitative estimate of drug-likeness (QED) is 0.449. The van der Waals surface area contributed by atoms with Gasteiger partial charge in [0.15, 0.2) is 0 Å². The summed E-state index contributed by atoms with van der Waals surface area (Å²) in [6.45, 7) is 0.524. The Hall–Kier alpha value is -2.76. The number of nitrogens with one attached hydrogen (secondary N) is 2. The maximum Gasteiger partial charge on any atom is 0.229 e. The first-order chi connectivity index (χ1) is 12.7. The van der Waals surface area contributed by atoms with Gasteiger partial charge in [0.2, 0.25) is 5.95 Å². The second kappa shape index (κ2) is 7.23. The number of aromatic nitrogens is 2. The lowest BCUT2D eigenvalue weighted by molar-refractivity contribution is 0.518. The molecule has 130 valence electrons. The van der Waals surface area contributed by atoms with Crippen LogP contribution in [0.3, 0.4) is 0 Å². The van der Waals surface area contributed by atoms with Crippen molar-refractivity contribution >= 4 is 51.6 Å². The zero-order valence-electron chi connectivity index (χ0n) is 13.5. The molecule has 7 heteroatoms. The van der Waals surface area contributed by atoms with E-state index in [9.17, 15) is 0 Å². The molecule has 0 radical (unpaired) electrons. The van der Waals surface area contributed by atoms with Crippen LogP contribution in [0.1, 0.15) is 5.76 Å². The van der Waals surface area contributed by atoms with Crippen molar-refractivity contribution in [3.05, 3.63) is 76.7 Å². The zero-order valence-corrected chi connectivity index (χ0v) is 15.1. The Balaban J connectivity index is 1.68. The number of benzene rings is 2. The lowest BCUT2D eigenvalue weighted by Gasteiger charge is -2.11. The molecule has 0 aliphatic rings. The topological polar surface area (TPSA) is 63.0 Å². The van der Waals surface area contributed by atoms with Crippen molar-refractivity contribution in [2.75, 3.05) is 10.6 Å². The molecule has 0 saturated heterocycles. The second-order valence-corrected chi connectivity index (χ2v) is 6.50. The third kappa shape index (κ3) is 3.74. The lowest BCUT2D eigenvalue weighted by atomic mass is 10.2. The van der Waals surface area contributed by atoms with E-state index in [-0.39, 0.29) is 0 Å². The molecule has 0 unspecified atom stereocenters. The van der Waals surface area contributed by atoms with Crippen LogP contribution in [0.25, 0.3) is 10.9 Å². The molecule has 2 N–H and O–H groups in total. The van der Waals surface area contributed by atoms with E-state index in [1.54, 1.807) is 24.5 Å². The van der Waals surface area contributed by atoms with Gasteiger partial charge >= 0.3 is 0 Å². The van der Waals surface area contributed by atoms with Gasteiger partial charge in [0, 0.05) is 21.1 Å². The number of furan rings is 1. The highest BCUT2D eigenvalue weighted by Crippen LogP contribution is 2.27. The molecule has 26 heavy (non-hydrogen) atoms. The van der Waals surface area contributed by atoms with Gasteiger partial charge in [-0.3, -0.25) is 0 Å². The summed E-state index contributed by atoms with van der Waals surface area (Å²) in [5, 5.41) is 8.46. The van der Waals surface area contributed by atoms with Crippen molar-refractivity contribution in [3.8, 4) is 0 Å². The Bertz CT molecular complexity index is 1030. The summed E-state index contributed by atoms with van der Waals surface area (Å²) in [5.41, 5.74) is 1.54. The van der Waals surface area contributed by atoms with E-state index in [0.29, 0.717) is 28.4 Å². The molecule has 0 aliphatic carbocycles. The molecular weight excluding hydrogens is 371 g/mol. The van der Waals surface area contributed by atoms with E-state index in [4.69, 9.17) is 27.6 Å². The molecule has 0 saturated carbocycles. The van der Waals surface area contributed by atoms with E-state index >= 15 is 0 Å². The predicted octanol–water partition coefficient (Wildman–Crippen LogP) is 5.89. The molecule has 4 aromatic rings. The van der Waals surface area contributed by atoms with Crippen LogP contribution in [0.15, 0.2) is 65.3 Å². The average molecular weight is 385 g/mol. The highest BCUT2D eigenvalue weighted by Gasteiger charge is 2.09. The van der Waals surface area contributed by atoms with Gasteiger partial charge in [0.1, 0.15) is 11.6 Å². The summed E-state index contributed by atoms with van der Waals surface area (Å²) in [7, 11) is 0. The minimum absolute atomic E-state index is 0.448. The Kier molecular flexibility index (Phi) is 4.65. The van der Waals surface area contributed by atoms with Gasteiger partial charge in [-0.2, -0.15) is 4.98 Å².